The van der Waals surface area contributed by atoms with Gasteiger partial charge in [0, 0.05) is 12.6 Å². The molecule has 1 aliphatic rings. The fourth-order valence-electron chi connectivity index (χ4n) is 1.52. The van der Waals surface area contributed by atoms with Gasteiger partial charge in [-0.1, -0.05) is 42.5 Å². The third kappa shape index (κ3) is 4.60. The summed E-state index contributed by atoms with van der Waals surface area (Å²) in [6, 6.07) is 11.1. The molecule has 0 heterocycles. The predicted molar refractivity (Wildman–Crippen MR) is 67.3 cm³/mol. The Balaban J connectivity index is 1.51. The van der Waals surface area contributed by atoms with E-state index in [2.05, 4.69) is 29.6 Å². The van der Waals surface area contributed by atoms with Gasteiger partial charge in [-0.15, -0.1) is 0 Å². The summed E-state index contributed by atoms with van der Waals surface area (Å²) in [5.74, 6) is 0. The highest BCUT2D eigenvalue weighted by molar-refractivity contribution is 5.48. The van der Waals surface area contributed by atoms with Gasteiger partial charge in [-0.3, -0.25) is 0 Å². The molecule has 86 valence electrons. The minimum absolute atomic E-state index is 0.696. The molecule has 0 atom stereocenters. The zero-order valence-corrected chi connectivity index (χ0v) is 9.56. The largest absolute Gasteiger partial charge is 0.376 e. The van der Waals surface area contributed by atoms with Crippen molar-refractivity contribution in [2.45, 2.75) is 18.9 Å². The summed E-state index contributed by atoms with van der Waals surface area (Å²) in [7, 11) is 0. The first kappa shape index (κ1) is 11.4. The van der Waals surface area contributed by atoms with Gasteiger partial charge in [-0.05, 0) is 18.4 Å². The number of benzene rings is 1. The molecule has 0 unspecified atom stereocenters. The first-order valence-electron chi connectivity index (χ1n) is 5.98. The van der Waals surface area contributed by atoms with Crippen molar-refractivity contribution in [1.29, 1.82) is 0 Å². The molecule has 1 aromatic carbocycles. The lowest BCUT2D eigenvalue weighted by atomic mass is 10.2. The lowest BCUT2D eigenvalue weighted by molar-refractivity contribution is 0.164. The molecule has 0 amide bonds. The molecule has 0 radical (unpaired) electrons. The topological polar surface area (TPSA) is 21.3 Å². The van der Waals surface area contributed by atoms with Crippen molar-refractivity contribution < 1.29 is 4.74 Å². The molecule has 1 aromatic rings. The highest BCUT2D eigenvalue weighted by Crippen LogP contribution is 2.17. The Bertz CT molecular complexity index is 317. The number of hydrogen-bond acceptors (Lipinski definition) is 2. The molecule has 0 spiro atoms. The number of rotatable bonds is 7. The molecule has 0 saturated heterocycles. The first-order valence-corrected chi connectivity index (χ1v) is 5.98. The maximum atomic E-state index is 5.48. The highest BCUT2D eigenvalue weighted by atomic mass is 16.5. The van der Waals surface area contributed by atoms with Crippen molar-refractivity contribution in [3.05, 3.63) is 42.0 Å². The maximum Gasteiger partial charge on any atom is 0.0651 e. The van der Waals surface area contributed by atoms with Gasteiger partial charge in [0.25, 0.3) is 0 Å². The highest BCUT2D eigenvalue weighted by Gasteiger charge is 2.19. The van der Waals surface area contributed by atoms with E-state index in [1.54, 1.807) is 0 Å². The Labute approximate surface area is 97.3 Å². The molecule has 0 aromatic heterocycles. The first-order chi connectivity index (χ1) is 7.95. The van der Waals surface area contributed by atoms with E-state index in [-0.39, 0.29) is 0 Å². The van der Waals surface area contributed by atoms with Crippen LogP contribution in [0.2, 0.25) is 0 Å². The summed E-state index contributed by atoms with van der Waals surface area (Å²) in [4.78, 5) is 0. The number of hydrogen-bond donors (Lipinski definition) is 1. The average Bonchev–Trinajstić information content (AvgIpc) is 3.13. The third-order valence-corrected chi connectivity index (χ3v) is 2.58. The molecule has 1 N–H and O–H groups in total. The fraction of sp³-hybridized carbons (Fsp3) is 0.429. The molecule has 2 heteroatoms. The monoisotopic (exact) mass is 217 g/mol. The molecule has 0 bridgehead atoms. The van der Waals surface area contributed by atoms with Crippen molar-refractivity contribution in [1.82, 2.24) is 5.32 Å². The molecular formula is C14H19NO. The molecule has 1 fully saturated rings. The SMILES string of the molecule is C(=Cc1ccccc1)COCCNC1CC1. The van der Waals surface area contributed by atoms with Gasteiger partial charge in [0.1, 0.15) is 0 Å². The molecule has 2 nitrogen and oxygen atoms in total. The van der Waals surface area contributed by atoms with Crippen LogP contribution in [0, 0.1) is 0 Å². The fourth-order valence-corrected chi connectivity index (χ4v) is 1.52. The van der Waals surface area contributed by atoms with Crippen LogP contribution in [0.1, 0.15) is 18.4 Å². The Hall–Kier alpha value is -1.12. The lowest BCUT2D eigenvalue weighted by Gasteiger charge is -2.02. The Morgan fingerprint density at radius 2 is 2.06 bits per heavy atom. The van der Waals surface area contributed by atoms with Gasteiger partial charge in [0.05, 0.1) is 13.2 Å². The summed E-state index contributed by atoms with van der Waals surface area (Å²) in [5, 5.41) is 3.42. The van der Waals surface area contributed by atoms with Crippen molar-refractivity contribution >= 4 is 6.08 Å². The van der Waals surface area contributed by atoms with E-state index in [9.17, 15) is 0 Å². The minimum atomic E-state index is 0.696. The van der Waals surface area contributed by atoms with Crippen LogP contribution in [0.15, 0.2) is 36.4 Å². The number of ether oxygens (including phenoxy) is 1. The zero-order chi connectivity index (χ0) is 11.1. The van der Waals surface area contributed by atoms with Gasteiger partial charge in [0.2, 0.25) is 0 Å². The van der Waals surface area contributed by atoms with E-state index in [0.717, 1.165) is 19.2 Å². The van der Waals surface area contributed by atoms with Crippen LogP contribution in [0.5, 0.6) is 0 Å². The third-order valence-electron chi connectivity index (χ3n) is 2.58. The van der Waals surface area contributed by atoms with Crippen LogP contribution in [-0.2, 0) is 4.74 Å². The van der Waals surface area contributed by atoms with Crippen molar-refractivity contribution in [2.24, 2.45) is 0 Å². The average molecular weight is 217 g/mol. The minimum Gasteiger partial charge on any atom is -0.376 e. The second-order valence-electron chi connectivity index (χ2n) is 4.12. The van der Waals surface area contributed by atoms with Crippen LogP contribution in [0.3, 0.4) is 0 Å². The quantitative estimate of drug-likeness (QED) is 0.708. The number of nitrogens with one attached hydrogen (secondary N) is 1. The summed E-state index contributed by atoms with van der Waals surface area (Å²) < 4.78 is 5.48. The molecular weight excluding hydrogens is 198 g/mol. The van der Waals surface area contributed by atoms with E-state index < -0.39 is 0 Å². The predicted octanol–water partition coefficient (Wildman–Crippen LogP) is 2.47. The lowest BCUT2D eigenvalue weighted by Crippen LogP contribution is -2.21. The van der Waals surface area contributed by atoms with Crippen LogP contribution in [0.25, 0.3) is 6.08 Å². The summed E-state index contributed by atoms with van der Waals surface area (Å²) >= 11 is 0. The molecule has 0 aliphatic heterocycles. The Morgan fingerprint density at radius 1 is 1.25 bits per heavy atom. The van der Waals surface area contributed by atoms with E-state index in [1.807, 2.05) is 18.2 Å². The van der Waals surface area contributed by atoms with Crippen LogP contribution in [0.4, 0.5) is 0 Å². The van der Waals surface area contributed by atoms with Crippen LogP contribution in [-0.4, -0.2) is 25.8 Å². The molecule has 1 saturated carbocycles. The van der Waals surface area contributed by atoms with E-state index >= 15 is 0 Å². The van der Waals surface area contributed by atoms with Gasteiger partial charge >= 0.3 is 0 Å². The van der Waals surface area contributed by atoms with Crippen molar-refractivity contribution in [3.63, 3.8) is 0 Å². The molecule has 16 heavy (non-hydrogen) atoms. The summed E-state index contributed by atoms with van der Waals surface area (Å²) in [6.45, 7) is 2.47. The van der Waals surface area contributed by atoms with Crippen LogP contribution < -0.4 is 5.32 Å². The second kappa shape index (κ2) is 6.46. The van der Waals surface area contributed by atoms with E-state index in [4.69, 9.17) is 4.74 Å². The summed E-state index contributed by atoms with van der Waals surface area (Å²) in [5.41, 5.74) is 1.22. The normalized spacial score (nSPS) is 15.8. The summed E-state index contributed by atoms with van der Waals surface area (Å²) in [6.07, 6.45) is 6.84. The Kier molecular flexibility index (Phi) is 4.59. The van der Waals surface area contributed by atoms with Gasteiger partial charge in [-0.2, -0.15) is 0 Å². The molecule has 2 rings (SSSR count). The van der Waals surface area contributed by atoms with Gasteiger partial charge < -0.3 is 10.1 Å². The standard InChI is InChI=1S/C14H19NO/c1-2-5-13(6-3-1)7-4-11-16-12-10-15-14-8-9-14/h1-7,14-15H,8-12H2. The maximum absolute atomic E-state index is 5.48. The van der Waals surface area contributed by atoms with Gasteiger partial charge in [-0.25, -0.2) is 0 Å². The van der Waals surface area contributed by atoms with Crippen molar-refractivity contribution in [2.75, 3.05) is 19.8 Å². The second-order valence-corrected chi connectivity index (χ2v) is 4.12. The Morgan fingerprint density at radius 3 is 2.81 bits per heavy atom. The van der Waals surface area contributed by atoms with Gasteiger partial charge in [0.15, 0.2) is 0 Å². The van der Waals surface area contributed by atoms with E-state index in [0.29, 0.717) is 6.61 Å². The van der Waals surface area contributed by atoms with Crippen LogP contribution >= 0.6 is 0 Å². The van der Waals surface area contributed by atoms with Crippen molar-refractivity contribution in [3.8, 4) is 0 Å². The van der Waals surface area contributed by atoms with E-state index in [1.165, 1.54) is 18.4 Å². The molecule has 1 aliphatic carbocycles. The smallest absolute Gasteiger partial charge is 0.0651 e. The zero-order valence-electron chi connectivity index (χ0n) is 9.56.